The number of urea groups is 1. The minimum absolute atomic E-state index is 0.0372. The highest BCUT2D eigenvalue weighted by atomic mass is 35.5. The fourth-order valence-corrected chi connectivity index (χ4v) is 5.33. The predicted molar refractivity (Wildman–Crippen MR) is 121 cm³/mol. The average molecular weight is 440 g/mol. The molecule has 1 saturated heterocycles. The Bertz CT molecular complexity index is 793. The number of benzene rings is 1. The molecule has 2 amide bonds. The molecule has 1 fully saturated rings. The number of aliphatic hydroxyl groups excluding tert-OH is 1. The highest BCUT2D eigenvalue weighted by molar-refractivity contribution is 7.99. The van der Waals surface area contributed by atoms with E-state index in [9.17, 15) is 9.90 Å². The summed E-state index contributed by atoms with van der Waals surface area (Å²) in [4.78, 5) is 15.9. The third-order valence-corrected chi connectivity index (χ3v) is 7.03. The van der Waals surface area contributed by atoms with Gasteiger partial charge in [-0.1, -0.05) is 31.5 Å². The zero-order valence-electron chi connectivity index (χ0n) is 16.1. The summed E-state index contributed by atoms with van der Waals surface area (Å²) < 4.78 is 0. The number of rotatable bonds is 6. The molecule has 8 heteroatoms. The van der Waals surface area contributed by atoms with E-state index >= 15 is 0 Å². The molecule has 1 aromatic carbocycles. The molecule has 152 valence electrons. The molecule has 0 saturated carbocycles. The number of amides is 2. The van der Waals surface area contributed by atoms with E-state index in [2.05, 4.69) is 15.5 Å². The molecule has 1 atom stereocenters. The Morgan fingerprint density at radius 1 is 1.32 bits per heavy atom. The van der Waals surface area contributed by atoms with Crippen molar-refractivity contribution in [2.75, 3.05) is 41.4 Å². The van der Waals surface area contributed by atoms with Gasteiger partial charge in [0.25, 0.3) is 0 Å². The highest BCUT2D eigenvalue weighted by Crippen LogP contribution is 2.35. The van der Waals surface area contributed by atoms with Crippen molar-refractivity contribution in [2.24, 2.45) is 5.41 Å². The van der Waals surface area contributed by atoms with Gasteiger partial charge < -0.3 is 20.6 Å². The van der Waals surface area contributed by atoms with Crippen molar-refractivity contribution < 1.29 is 9.90 Å². The van der Waals surface area contributed by atoms with Gasteiger partial charge in [0.1, 0.15) is 0 Å². The van der Waals surface area contributed by atoms with Gasteiger partial charge >= 0.3 is 6.03 Å². The smallest absolute Gasteiger partial charge is 0.319 e. The van der Waals surface area contributed by atoms with Gasteiger partial charge in [-0.2, -0.15) is 11.8 Å². The number of aliphatic hydroxyl groups is 1. The first-order chi connectivity index (χ1) is 13.4. The van der Waals surface area contributed by atoms with Gasteiger partial charge in [-0.25, -0.2) is 4.79 Å². The van der Waals surface area contributed by atoms with Gasteiger partial charge in [0.2, 0.25) is 0 Å². The first-order valence-corrected chi connectivity index (χ1v) is 11.7. The Hall–Kier alpha value is -1.41. The van der Waals surface area contributed by atoms with Crippen molar-refractivity contribution in [3.05, 3.63) is 45.6 Å². The number of thiophene rings is 1. The normalized spacial score (nSPS) is 15.9. The summed E-state index contributed by atoms with van der Waals surface area (Å²) in [5.74, 6) is 2.20. The number of thioether (sulfide) groups is 1. The van der Waals surface area contributed by atoms with Crippen LogP contribution in [0.25, 0.3) is 0 Å². The van der Waals surface area contributed by atoms with Crippen molar-refractivity contribution in [1.82, 2.24) is 5.32 Å². The van der Waals surface area contributed by atoms with Crippen LogP contribution in [0.2, 0.25) is 5.02 Å². The summed E-state index contributed by atoms with van der Waals surface area (Å²) in [6.45, 7) is 5.79. The Morgan fingerprint density at radius 2 is 2.07 bits per heavy atom. The summed E-state index contributed by atoms with van der Waals surface area (Å²) >= 11 is 9.99. The maximum absolute atomic E-state index is 12.6. The van der Waals surface area contributed by atoms with Crippen LogP contribution < -0.4 is 15.5 Å². The zero-order chi connectivity index (χ0) is 20.1. The quantitative estimate of drug-likeness (QED) is 0.602. The second kappa shape index (κ2) is 9.39. The molecule has 0 unspecified atom stereocenters. The van der Waals surface area contributed by atoms with Crippen LogP contribution in [0.3, 0.4) is 0 Å². The molecule has 2 aromatic rings. The van der Waals surface area contributed by atoms with Crippen molar-refractivity contribution >= 4 is 52.1 Å². The third kappa shape index (κ3) is 5.14. The molecule has 2 heterocycles. The minimum atomic E-state index is -0.490. The first kappa shape index (κ1) is 21.3. The van der Waals surface area contributed by atoms with E-state index in [1.54, 1.807) is 17.4 Å². The molecular formula is C20H26ClN3O2S2. The van der Waals surface area contributed by atoms with E-state index in [1.165, 1.54) is 0 Å². The van der Waals surface area contributed by atoms with E-state index in [0.717, 1.165) is 35.2 Å². The number of carbonyl (C=O) groups is 1. The van der Waals surface area contributed by atoms with Crippen LogP contribution >= 0.6 is 34.7 Å². The standard InChI is InChI=1S/C20H26ClN3O2S2/c1-20(2,13-25)18(17-4-3-9-28-17)23-19(26)22-14-5-6-16(15(21)12-14)24-7-10-27-11-8-24/h3-6,9,12,18,25H,7-8,10-11,13H2,1-2H3,(H2,22,23,26)/t18-/m0/s1. The lowest BCUT2D eigenvalue weighted by atomic mass is 9.84. The number of hydrogen-bond donors (Lipinski definition) is 3. The lowest BCUT2D eigenvalue weighted by Gasteiger charge is -2.32. The number of anilines is 2. The van der Waals surface area contributed by atoms with E-state index < -0.39 is 5.41 Å². The molecule has 28 heavy (non-hydrogen) atoms. The molecule has 1 aromatic heterocycles. The minimum Gasteiger partial charge on any atom is -0.396 e. The number of halogens is 1. The topological polar surface area (TPSA) is 64.6 Å². The SMILES string of the molecule is CC(C)(CO)[C@@H](NC(=O)Nc1ccc(N2CCSCC2)c(Cl)c1)c1cccs1. The molecule has 1 aliphatic rings. The average Bonchev–Trinajstić information content (AvgIpc) is 3.21. The van der Waals surface area contributed by atoms with Crippen LogP contribution in [0, 0.1) is 5.41 Å². The summed E-state index contributed by atoms with van der Waals surface area (Å²) in [5, 5.41) is 18.2. The maximum atomic E-state index is 12.6. The van der Waals surface area contributed by atoms with Gasteiger partial charge in [-0.3, -0.25) is 0 Å². The van der Waals surface area contributed by atoms with E-state index in [4.69, 9.17) is 11.6 Å². The van der Waals surface area contributed by atoms with Crippen molar-refractivity contribution in [3.8, 4) is 0 Å². The molecule has 0 bridgehead atoms. The predicted octanol–water partition coefficient (Wildman–Crippen LogP) is 4.84. The lowest BCUT2D eigenvalue weighted by Crippen LogP contribution is -2.41. The maximum Gasteiger partial charge on any atom is 0.319 e. The van der Waals surface area contributed by atoms with Crippen molar-refractivity contribution in [2.45, 2.75) is 19.9 Å². The van der Waals surface area contributed by atoms with Crippen LogP contribution in [-0.4, -0.2) is 42.3 Å². The van der Waals surface area contributed by atoms with Gasteiger partial charge in [0.05, 0.1) is 23.4 Å². The summed E-state index contributed by atoms with van der Waals surface area (Å²) in [6.07, 6.45) is 0. The molecule has 3 rings (SSSR count). The molecule has 5 nitrogen and oxygen atoms in total. The second-order valence-corrected chi connectivity index (χ2v) is 10.1. The van der Waals surface area contributed by atoms with Crippen molar-refractivity contribution in [1.29, 1.82) is 0 Å². The number of hydrogen-bond acceptors (Lipinski definition) is 5. The number of nitrogens with zero attached hydrogens (tertiary/aromatic N) is 1. The summed E-state index contributed by atoms with van der Waals surface area (Å²) in [7, 11) is 0. The van der Waals surface area contributed by atoms with Crippen LogP contribution in [0.5, 0.6) is 0 Å². The van der Waals surface area contributed by atoms with Crippen LogP contribution in [0.4, 0.5) is 16.2 Å². The van der Waals surface area contributed by atoms with Gasteiger partial charge in [0.15, 0.2) is 0 Å². The second-order valence-electron chi connectivity index (χ2n) is 7.46. The van der Waals surface area contributed by atoms with Crippen LogP contribution in [0.1, 0.15) is 24.8 Å². The summed E-state index contributed by atoms with van der Waals surface area (Å²) in [6, 6.07) is 8.92. The molecule has 3 N–H and O–H groups in total. The Morgan fingerprint density at radius 3 is 2.68 bits per heavy atom. The molecular weight excluding hydrogens is 414 g/mol. The molecule has 0 spiro atoms. The summed E-state index contributed by atoms with van der Waals surface area (Å²) in [5.41, 5.74) is 1.16. The Kier molecular flexibility index (Phi) is 7.15. The fourth-order valence-electron chi connectivity index (χ4n) is 3.14. The third-order valence-electron chi connectivity index (χ3n) is 4.85. The highest BCUT2D eigenvalue weighted by Gasteiger charge is 2.32. The van der Waals surface area contributed by atoms with E-state index in [1.807, 2.05) is 55.3 Å². The molecule has 0 aliphatic carbocycles. The van der Waals surface area contributed by atoms with E-state index in [0.29, 0.717) is 10.7 Å². The first-order valence-electron chi connectivity index (χ1n) is 9.25. The van der Waals surface area contributed by atoms with E-state index in [-0.39, 0.29) is 18.7 Å². The number of nitrogens with one attached hydrogen (secondary N) is 2. The monoisotopic (exact) mass is 439 g/mol. The molecule has 0 radical (unpaired) electrons. The zero-order valence-corrected chi connectivity index (χ0v) is 18.5. The fraction of sp³-hybridized carbons (Fsp3) is 0.450. The van der Waals surface area contributed by atoms with Gasteiger partial charge in [-0.15, -0.1) is 11.3 Å². The Labute approximate surface area is 179 Å². The van der Waals surface area contributed by atoms with Gasteiger partial charge in [0, 0.05) is 40.6 Å². The van der Waals surface area contributed by atoms with Crippen LogP contribution in [-0.2, 0) is 0 Å². The number of carbonyl (C=O) groups excluding carboxylic acids is 1. The largest absolute Gasteiger partial charge is 0.396 e. The Balaban J connectivity index is 1.69. The lowest BCUT2D eigenvalue weighted by molar-refractivity contribution is 0.121. The van der Waals surface area contributed by atoms with Gasteiger partial charge in [-0.05, 0) is 29.6 Å². The molecule has 1 aliphatic heterocycles. The van der Waals surface area contributed by atoms with Crippen molar-refractivity contribution in [3.63, 3.8) is 0 Å². The van der Waals surface area contributed by atoms with Crippen LogP contribution in [0.15, 0.2) is 35.7 Å².